The first-order chi connectivity index (χ1) is 9.27. The van der Waals surface area contributed by atoms with Crippen LogP contribution in [0.3, 0.4) is 0 Å². The fourth-order valence-corrected chi connectivity index (χ4v) is 1.86. The zero-order valence-corrected chi connectivity index (χ0v) is 13.8. The third kappa shape index (κ3) is 8.04. The van der Waals surface area contributed by atoms with Crippen molar-refractivity contribution in [3.05, 3.63) is 29.8 Å². The van der Waals surface area contributed by atoms with Crippen LogP contribution >= 0.6 is 15.9 Å². The first-order valence-electron chi connectivity index (χ1n) is 7.10. The maximum absolute atomic E-state index is 11.4. The first-order valence-corrected chi connectivity index (χ1v) is 8.22. The van der Waals surface area contributed by atoms with Crippen LogP contribution in [0.15, 0.2) is 24.3 Å². The third-order valence-corrected chi connectivity index (χ3v) is 3.07. The molecule has 1 aromatic rings. The zero-order valence-electron chi connectivity index (χ0n) is 12.2. The van der Waals surface area contributed by atoms with Crippen molar-refractivity contribution in [2.24, 2.45) is 0 Å². The Morgan fingerprint density at radius 2 is 1.74 bits per heavy atom. The van der Waals surface area contributed by atoms with Crippen molar-refractivity contribution in [1.29, 1.82) is 0 Å². The molecule has 0 saturated carbocycles. The molecule has 0 aliphatic carbocycles. The number of halogens is 1. The van der Waals surface area contributed by atoms with E-state index in [0.717, 1.165) is 24.3 Å². The fraction of sp³-hybridized carbons (Fsp3) is 0.562. The molecule has 2 nitrogen and oxygen atoms in total. The molecule has 0 saturated heterocycles. The number of ketones is 1. The molecule has 3 heteroatoms. The summed E-state index contributed by atoms with van der Waals surface area (Å²) in [4.78, 5) is 11.4. The van der Waals surface area contributed by atoms with Gasteiger partial charge in [-0.05, 0) is 30.7 Å². The molecule has 108 valence electrons. The van der Waals surface area contributed by atoms with Crippen LogP contribution in [0.5, 0.6) is 5.75 Å². The van der Waals surface area contributed by atoms with E-state index in [9.17, 15) is 4.79 Å². The predicted octanol–water partition coefficient (Wildman–Crippen LogP) is 5.25. The lowest BCUT2D eigenvalue weighted by Gasteiger charge is -2.06. The normalized spacial score (nSPS) is 9.47. The second-order valence-corrected chi connectivity index (χ2v) is 4.55. The highest BCUT2D eigenvalue weighted by Crippen LogP contribution is 2.14. The third-order valence-electron chi connectivity index (χ3n) is 2.56. The smallest absolute Gasteiger partial charge is 0.173 e. The van der Waals surface area contributed by atoms with E-state index in [2.05, 4.69) is 22.9 Å². The minimum atomic E-state index is 0.0968. The zero-order chi connectivity index (χ0) is 14.5. The SMILES string of the molecule is CC.CCCCCCOc1ccc(C(=O)CBr)cc1. The second kappa shape index (κ2) is 12.2. The number of carbonyl (C=O) groups excluding carboxylic acids is 1. The van der Waals surface area contributed by atoms with Crippen molar-refractivity contribution in [1.82, 2.24) is 0 Å². The standard InChI is InChI=1S/C14H19BrO2.C2H6/c1-2-3-4-5-10-17-13-8-6-12(7-9-13)14(16)11-15;1-2/h6-9H,2-5,10-11H2,1H3;1-2H3. The molecule has 0 radical (unpaired) electrons. The summed E-state index contributed by atoms with van der Waals surface area (Å²) in [6, 6.07) is 7.33. The van der Waals surface area contributed by atoms with Crippen molar-refractivity contribution in [2.75, 3.05) is 11.9 Å². The van der Waals surface area contributed by atoms with E-state index in [1.807, 2.05) is 38.1 Å². The molecule has 0 amide bonds. The van der Waals surface area contributed by atoms with Crippen LogP contribution in [0.4, 0.5) is 0 Å². The van der Waals surface area contributed by atoms with Gasteiger partial charge in [-0.3, -0.25) is 4.79 Å². The van der Waals surface area contributed by atoms with E-state index < -0.39 is 0 Å². The van der Waals surface area contributed by atoms with Gasteiger partial charge in [0.2, 0.25) is 0 Å². The van der Waals surface area contributed by atoms with Gasteiger partial charge in [-0.2, -0.15) is 0 Å². The molecular formula is C16H25BrO2. The number of Topliss-reactive ketones (excluding diaryl/α,β-unsaturated/α-hetero) is 1. The summed E-state index contributed by atoms with van der Waals surface area (Å²) in [7, 11) is 0. The lowest BCUT2D eigenvalue weighted by Crippen LogP contribution is -2.01. The first kappa shape index (κ1) is 18.2. The Hall–Kier alpha value is -0.830. The summed E-state index contributed by atoms with van der Waals surface area (Å²) < 4.78 is 5.60. The molecule has 0 fully saturated rings. The van der Waals surface area contributed by atoms with Crippen LogP contribution in [-0.4, -0.2) is 17.7 Å². The number of rotatable bonds is 8. The van der Waals surface area contributed by atoms with Gasteiger partial charge in [0.05, 0.1) is 11.9 Å². The fourth-order valence-electron chi connectivity index (χ4n) is 1.53. The topological polar surface area (TPSA) is 26.3 Å². The quantitative estimate of drug-likeness (QED) is 0.370. The summed E-state index contributed by atoms with van der Waals surface area (Å²) in [5, 5.41) is 0.365. The summed E-state index contributed by atoms with van der Waals surface area (Å²) >= 11 is 3.16. The molecule has 0 bridgehead atoms. The average molecular weight is 329 g/mol. The molecule has 0 aliphatic rings. The lowest BCUT2D eigenvalue weighted by molar-refractivity contribution is 0.102. The van der Waals surface area contributed by atoms with Gasteiger partial charge >= 0.3 is 0 Å². The molecule has 0 heterocycles. The molecule has 0 spiro atoms. The predicted molar refractivity (Wildman–Crippen MR) is 85.6 cm³/mol. The number of carbonyl (C=O) groups is 1. The van der Waals surface area contributed by atoms with Gasteiger partial charge in [-0.1, -0.05) is 56.0 Å². The van der Waals surface area contributed by atoms with Crippen LogP contribution in [-0.2, 0) is 0 Å². The molecule has 0 unspecified atom stereocenters. The number of unbranched alkanes of at least 4 members (excludes halogenated alkanes) is 3. The van der Waals surface area contributed by atoms with E-state index in [4.69, 9.17) is 4.74 Å². The number of hydrogen-bond donors (Lipinski definition) is 0. The molecule has 0 atom stereocenters. The van der Waals surface area contributed by atoms with E-state index in [1.54, 1.807) is 0 Å². The van der Waals surface area contributed by atoms with Crippen LogP contribution < -0.4 is 4.74 Å². The minimum absolute atomic E-state index is 0.0968. The largest absolute Gasteiger partial charge is 0.494 e. The Kier molecular flexibility index (Phi) is 11.7. The second-order valence-electron chi connectivity index (χ2n) is 3.99. The average Bonchev–Trinajstić information content (AvgIpc) is 2.49. The maximum Gasteiger partial charge on any atom is 0.173 e. The minimum Gasteiger partial charge on any atom is -0.494 e. The molecule has 1 aromatic carbocycles. The van der Waals surface area contributed by atoms with Crippen LogP contribution in [0.25, 0.3) is 0 Å². The lowest BCUT2D eigenvalue weighted by atomic mass is 10.1. The molecule has 0 aliphatic heterocycles. The molecule has 0 aromatic heterocycles. The maximum atomic E-state index is 11.4. The Bertz CT molecular complexity index is 333. The van der Waals surface area contributed by atoms with E-state index in [1.165, 1.54) is 19.3 Å². The van der Waals surface area contributed by atoms with E-state index >= 15 is 0 Å². The number of hydrogen-bond acceptors (Lipinski definition) is 2. The number of benzene rings is 1. The van der Waals surface area contributed by atoms with Crippen LogP contribution in [0.2, 0.25) is 0 Å². The van der Waals surface area contributed by atoms with Gasteiger partial charge < -0.3 is 4.74 Å². The van der Waals surface area contributed by atoms with Gasteiger partial charge in [0, 0.05) is 5.56 Å². The Balaban J connectivity index is 0.00000154. The molecule has 0 N–H and O–H groups in total. The van der Waals surface area contributed by atoms with Crippen molar-refractivity contribution in [2.45, 2.75) is 46.5 Å². The molecule has 1 rings (SSSR count). The monoisotopic (exact) mass is 328 g/mol. The Labute approximate surface area is 125 Å². The van der Waals surface area contributed by atoms with Crippen molar-refractivity contribution in [3.8, 4) is 5.75 Å². The highest BCUT2D eigenvalue weighted by Gasteiger charge is 2.03. The molecular weight excluding hydrogens is 304 g/mol. The van der Waals surface area contributed by atoms with Crippen LogP contribution in [0, 0.1) is 0 Å². The summed E-state index contributed by atoms with van der Waals surface area (Å²) in [6.45, 7) is 6.95. The highest BCUT2D eigenvalue weighted by molar-refractivity contribution is 9.09. The van der Waals surface area contributed by atoms with E-state index in [0.29, 0.717) is 5.33 Å². The van der Waals surface area contributed by atoms with Gasteiger partial charge in [-0.25, -0.2) is 0 Å². The number of alkyl halides is 1. The van der Waals surface area contributed by atoms with Gasteiger partial charge in [0.25, 0.3) is 0 Å². The molecule has 19 heavy (non-hydrogen) atoms. The van der Waals surface area contributed by atoms with Crippen LogP contribution in [0.1, 0.15) is 56.8 Å². The van der Waals surface area contributed by atoms with Crippen molar-refractivity contribution in [3.63, 3.8) is 0 Å². The summed E-state index contributed by atoms with van der Waals surface area (Å²) in [5.41, 5.74) is 0.722. The summed E-state index contributed by atoms with van der Waals surface area (Å²) in [6.07, 6.45) is 4.82. The number of ether oxygens (including phenoxy) is 1. The van der Waals surface area contributed by atoms with Gasteiger partial charge in [0.1, 0.15) is 5.75 Å². The van der Waals surface area contributed by atoms with Crippen molar-refractivity contribution < 1.29 is 9.53 Å². The van der Waals surface area contributed by atoms with E-state index in [-0.39, 0.29) is 5.78 Å². The Morgan fingerprint density at radius 3 is 2.26 bits per heavy atom. The van der Waals surface area contributed by atoms with Gasteiger partial charge in [0.15, 0.2) is 5.78 Å². The Morgan fingerprint density at radius 1 is 1.11 bits per heavy atom. The van der Waals surface area contributed by atoms with Crippen molar-refractivity contribution >= 4 is 21.7 Å². The van der Waals surface area contributed by atoms with Gasteiger partial charge in [-0.15, -0.1) is 0 Å². The highest BCUT2D eigenvalue weighted by atomic mass is 79.9. The summed E-state index contributed by atoms with van der Waals surface area (Å²) in [5.74, 6) is 0.937.